The summed E-state index contributed by atoms with van der Waals surface area (Å²) >= 11 is 0. The Balaban J connectivity index is 2.20. The summed E-state index contributed by atoms with van der Waals surface area (Å²) in [5.41, 5.74) is 0.558. The van der Waals surface area contributed by atoms with E-state index in [2.05, 4.69) is 14.8 Å². The molecule has 122 valence electrons. The molecule has 0 aliphatic carbocycles. The first-order chi connectivity index (χ1) is 11.0. The van der Waals surface area contributed by atoms with E-state index >= 15 is 0 Å². The largest absolute Gasteiger partial charge is 0.394 e. The van der Waals surface area contributed by atoms with E-state index in [0.717, 1.165) is 0 Å². The van der Waals surface area contributed by atoms with Gasteiger partial charge in [0.2, 0.25) is 5.69 Å². The minimum Gasteiger partial charge on any atom is -0.394 e. The SMILES string of the molecule is [C-]#[N+]c1cn([C@@H]2O[C@H](CO)[C@@H](O)[C@]2(C)O)c2ncnc(NO)c12. The van der Waals surface area contributed by atoms with Crippen molar-refractivity contribution in [3.63, 3.8) is 0 Å². The third-order valence-electron chi connectivity index (χ3n) is 4.00. The van der Waals surface area contributed by atoms with E-state index in [4.69, 9.17) is 16.5 Å². The van der Waals surface area contributed by atoms with Gasteiger partial charge in [0.1, 0.15) is 29.8 Å². The van der Waals surface area contributed by atoms with E-state index in [1.54, 1.807) is 0 Å². The summed E-state index contributed by atoms with van der Waals surface area (Å²) in [6.45, 7) is 8.15. The maximum atomic E-state index is 10.6. The number of aliphatic hydroxyl groups is 3. The van der Waals surface area contributed by atoms with Gasteiger partial charge in [0.05, 0.1) is 18.6 Å². The highest BCUT2D eigenvalue weighted by Gasteiger charge is 2.53. The lowest BCUT2D eigenvalue weighted by Crippen LogP contribution is -2.44. The van der Waals surface area contributed by atoms with E-state index in [9.17, 15) is 15.3 Å². The smallest absolute Gasteiger partial charge is 0.217 e. The third-order valence-corrected chi connectivity index (χ3v) is 4.00. The fraction of sp³-hybridized carbons (Fsp3) is 0.462. The molecule has 5 N–H and O–H groups in total. The van der Waals surface area contributed by atoms with Gasteiger partial charge in [-0.15, -0.1) is 0 Å². The highest BCUT2D eigenvalue weighted by molar-refractivity contribution is 5.99. The minimum absolute atomic E-state index is 0.0386. The fourth-order valence-corrected chi connectivity index (χ4v) is 2.80. The predicted molar refractivity (Wildman–Crippen MR) is 76.8 cm³/mol. The molecule has 1 fully saturated rings. The molecule has 0 saturated carbocycles. The van der Waals surface area contributed by atoms with Crippen molar-refractivity contribution >= 4 is 22.5 Å². The van der Waals surface area contributed by atoms with Crippen LogP contribution < -0.4 is 5.48 Å². The van der Waals surface area contributed by atoms with Crippen molar-refractivity contribution in [2.24, 2.45) is 0 Å². The van der Waals surface area contributed by atoms with E-state index in [-0.39, 0.29) is 22.5 Å². The number of ether oxygens (including phenoxy) is 1. The van der Waals surface area contributed by atoms with Crippen molar-refractivity contribution in [3.8, 4) is 0 Å². The second-order valence-electron chi connectivity index (χ2n) is 5.45. The summed E-state index contributed by atoms with van der Waals surface area (Å²) in [6.07, 6.45) is -0.799. The van der Waals surface area contributed by atoms with Gasteiger partial charge in [-0.3, -0.25) is 10.7 Å². The average Bonchev–Trinajstić information content (AvgIpc) is 3.03. The highest BCUT2D eigenvalue weighted by atomic mass is 16.6. The van der Waals surface area contributed by atoms with Gasteiger partial charge in [-0.1, -0.05) is 0 Å². The first kappa shape index (κ1) is 15.6. The van der Waals surface area contributed by atoms with Crippen LogP contribution in [0.4, 0.5) is 11.5 Å². The van der Waals surface area contributed by atoms with Crippen molar-refractivity contribution in [3.05, 3.63) is 23.9 Å². The molecule has 23 heavy (non-hydrogen) atoms. The molecule has 1 saturated heterocycles. The monoisotopic (exact) mass is 321 g/mol. The van der Waals surface area contributed by atoms with Crippen molar-refractivity contribution in [1.82, 2.24) is 14.5 Å². The quantitative estimate of drug-likeness (QED) is 0.387. The summed E-state index contributed by atoms with van der Waals surface area (Å²) in [7, 11) is 0. The van der Waals surface area contributed by atoms with Crippen LogP contribution in [0.1, 0.15) is 13.2 Å². The normalized spacial score (nSPS) is 30.5. The molecule has 3 heterocycles. The molecule has 2 aromatic rings. The Bertz CT molecular complexity index is 783. The molecule has 4 atom stereocenters. The zero-order valence-corrected chi connectivity index (χ0v) is 12.1. The summed E-state index contributed by atoms with van der Waals surface area (Å²) in [5.74, 6) is 0.0386. The van der Waals surface area contributed by atoms with E-state index in [1.165, 1.54) is 24.0 Å². The molecule has 3 rings (SSSR count). The Morgan fingerprint density at radius 3 is 2.83 bits per heavy atom. The van der Waals surface area contributed by atoms with E-state index in [1.807, 2.05) is 5.48 Å². The van der Waals surface area contributed by atoms with Gasteiger partial charge >= 0.3 is 0 Å². The van der Waals surface area contributed by atoms with E-state index < -0.39 is 30.6 Å². The molecule has 0 unspecified atom stereocenters. The molecular weight excluding hydrogens is 306 g/mol. The molecule has 10 nitrogen and oxygen atoms in total. The van der Waals surface area contributed by atoms with Crippen LogP contribution in [0.15, 0.2) is 12.5 Å². The molecule has 0 radical (unpaired) electrons. The molecule has 0 amide bonds. The van der Waals surface area contributed by atoms with E-state index in [0.29, 0.717) is 0 Å². The van der Waals surface area contributed by atoms with Crippen molar-refractivity contribution < 1.29 is 25.3 Å². The number of nitrogens with one attached hydrogen (secondary N) is 1. The minimum atomic E-state index is -1.71. The van der Waals surface area contributed by atoms with Crippen LogP contribution in [0.5, 0.6) is 0 Å². The zero-order chi connectivity index (χ0) is 16.8. The Hall–Kier alpha value is -2.29. The first-order valence-corrected chi connectivity index (χ1v) is 6.75. The molecule has 0 aromatic carbocycles. The zero-order valence-electron chi connectivity index (χ0n) is 12.1. The topological polar surface area (TPSA) is 137 Å². The number of nitrogens with zero attached hydrogens (tertiary/aromatic N) is 4. The van der Waals surface area contributed by atoms with Crippen LogP contribution >= 0.6 is 0 Å². The van der Waals surface area contributed by atoms with Crippen LogP contribution in [-0.2, 0) is 4.74 Å². The van der Waals surface area contributed by atoms with Crippen molar-refractivity contribution in [2.45, 2.75) is 31.0 Å². The first-order valence-electron chi connectivity index (χ1n) is 6.75. The molecule has 0 spiro atoms. The Morgan fingerprint density at radius 2 is 2.26 bits per heavy atom. The number of fused-ring (bicyclic) bond motifs is 1. The van der Waals surface area contributed by atoms with Crippen LogP contribution in [0.3, 0.4) is 0 Å². The number of aliphatic hydroxyl groups excluding tert-OH is 2. The lowest BCUT2D eigenvalue weighted by Gasteiger charge is -2.27. The summed E-state index contributed by atoms with van der Waals surface area (Å²) in [5, 5.41) is 39.3. The Kier molecular flexibility index (Phi) is 3.67. The van der Waals surface area contributed by atoms with Gasteiger partial charge in [-0.2, -0.15) is 0 Å². The van der Waals surface area contributed by atoms with Crippen molar-refractivity contribution in [1.29, 1.82) is 0 Å². The standard InChI is InChI=1S/C13H15N5O5/c1-13(21)9(20)7(4-19)23-12(13)18-3-6(14-2)8-10(17-22)15-5-16-11(8)18/h3,5,7,9,12,19-22H,4H2,1H3,(H,15,16,17)/t7-,9-,12-,13+/m1/s1. The molecule has 1 aliphatic heterocycles. The summed E-state index contributed by atoms with van der Waals surface area (Å²) in [4.78, 5) is 11.3. The Labute approximate surface area is 130 Å². The van der Waals surface area contributed by atoms with Crippen molar-refractivity contribution in [2.75, 3.05) is 12.1 Å². The molecule has 2 aromatic heterocycles. The second-order valence-corrected chi connectivity index (χ2v) is 5.45. The van der Waals surface area contributed by atoms with Crippen LogP contribution in [0.2, 0.25) is 0 Å². The van der Waals surface area contributed by atoms with Gasteiger partial charge in [0.15, 0.2) is 12.0 Å². The lowest BCUT2D eigenvalue weighted by molar-refractivity contribution is -0.0947. The second kappa shape index (κ2) is 5.41. The maximum Gasteiger partial charge on any atom is 0.217 e. The van der Waals surface area contributed by atoms with Gasteiger partial charge in [-0.05, 0) is 6.92 Å². The van der Waals surface area contributed by atoms with Gasteiger partial charge < -0.3 is 24.6 Å². The molecule has 1 aliphatic rings. The number of anilines is 1. The van der Waals surface area contributed by atoms with Gasteiger partial charge in [-0.25, -0.2) is 14.8 Å². The van der Waals surface area contributed by atoms with Gasteiger partial charge in [0.25, 0.3) is 0 Å². The number of hydrogen-bond donors (Lipinski definition) is 5. The molecule has 10 heteroatoms. The number of hydrogen-bond acceptors (Lipinski definition) is 8. The highest BCUT2D eigenvalue weighted by Crippen LogP contribution is 2.42. The lowest BCUT2D eigenvalue weighted by atomic mass is 9.96. The van der Waals surface area contributed by atoms with Crippen LogP contribution in [-0.4, -0.2) is 59.5 Å². The molecule has 0 bridgehead atoms. The van der Waals surface area contributed by atoms with Crippen LogP contribution in [0.25, 0.3) is 15.9 Å². The average molecular weight is 321 g/mol. The summed E-state index contributed by atoms with van der Waals surface area (Å²) < 4.78 is 6.91. The Morgan fingerprint density at radius 1 is 1.52 bits per heavy atom. The fourth-order valence-electron chi connectivity index (χ4n) is 2.80. The van der Waals surface area contributed by atoms with Gasteiger partial charge in [0, 0.05) is 6.20 Å². The summed E-state index contributed by atoms with van der Waals surface area (Å²) in [6, 6.07) is 0. The van der Waals surface area contributed by atoms with Crippen LogP contribution in [0, 0.1) is 6.57 Å². The number of aromatic nitrogens is 3. The molecular formula is C13H15N5O5. The predicted octanol–water partition coefficient (Wildman–Crippen LogP) is -0.215. The number of rotatable bonds is 3. The maximum absolute atomic E-state index is 10.6. The third kappa shape index (κ3) is 2.14.